The van der Waals surface area contributed by atoms with Crippen LogP contribution in [0, 0.1) is 0 Å². The number of ether oxygens (including phenoxy) is 1. The van der Waals surface area contributed by atoms with E-state index in [1.807, 2.05) is 54.6 Å². The van der Waals surface area contributed by atoms with Gasteiger partial charge in [-0.1, -0.05) is 71.7 Å². The first kappa shape index (κ1) is 18.3. The van der Waals surface area contributed by atoms with E-state index in [-0.39, 0.29) is 10.9 Å². The van der Waals surface area contributed by atoms with E-state index in [1.165, 1.54) is 0 Å². The molecule has 0 aromatic heterocycles. The van der Waals surface area contributed by atoms with Crippen molar-refractivity contribution in [3.8, 4) is 5.75 Å². The monoisotopic (exact) mass is 385 g/mol. The molecular weight excluding hydrogens is 369 g/mol. The smallest absolute Gasteiger partial charge is 0.253 e. The molecule has 132 valence electrons. The number of hydrogen-bond acceptors (Lipinski definition) is 2. The number of nitrogens with one attached hydrogen (secondary N) is 1. The van der Waals surface area contributed by atoms with Crippen LogP contribution in [0.15, 0.2) is 72.8 Å². The summed E-state index contributed by atoms with van der Waals surface area (Å²) in [5.41, 5.74) is 2.35. The van der Waals surface area contributed by atoms with Gasteiger partial charge in [-0.25, -0.2) is 0 Å². The SMILES string of the molecule is O=C(NCc1ccccc1COc1ccccc1)c1cccc(Cl)c1Cl. The van der Waals surface area contributed by atoms with Gasteiger partial charge in [-0.15, -0.1) is 0 Å². The van der Waals surface area contributed by atoms with E-state index in [2.05, 4.69) is 5.32 Å². The number of carbonyl (C=O) groups is 1. The molecule has 0 aliphatic heterocycles. The van der Waals surface area contributed by atoms with Crippen LogP contribution in [0.2, 0.25) is 10.0 Å². The van der Waals surface area contributed by atoms with Crippen molar-refractivity contribution in [2.75, 3.05) is 0 Å². The van der Waals surface area contributed by atoms with E-state index >= 15 is 0 Å². The Balaban J connectivity index is 1.66. The number of halogens is 2. The molecule has 0 fully saturated rings. The molecular formula is C21H17Cl2NO2. The van der Waals surface area contributed by atoms with Gasteiger partial charge in [0.05, 0.1) is 15.6 Å². The normalized spacial score (nSPS) is 10.4. The molecule has 0 bridgehead atoms. The summed E-state index contributed by atoms with van der Waals surface area (Å²) in [7, 11) is 0. The third-order valence-corrected chi connectivity index (χ3v) is 4.71. The molecule has 5 heteroatoms. The molecule has 3 nitrogen and oxygen atoms in total. The van der Waals surface area contributed by atoms with E-state index < -0.39 is 0 Å². The third kappa shape index (κ3) is 4.57. The van der Waals surface area contributed by atoms with Crippen LogP contribution < -0.4 is 10.1 Å². The molecule has 0 radical (unpaired) electrons. The highest BCUT2D eigenvalue weighted by molar-refractivity contribution is 6.43. The molecule has 0 spiro atoms. The van der Waals surface area contributed by atoms with Crippen molar-refractivity contribution in [1.82, 2.24) is 5.32 Å². The van der Waals surface area contributed by atoms with E-state index in [9.17, 15) is 4.79 Å². The van der Waals surface area contributed by atoms with Gasteiger partial charge in [-0.3, -0.25) is 4.79 Å². The first-order chi connectivity index (χ1) is 12.6. The van der Waals surface area contributed by atoms with Crippen molar-refractivity contribution >= 4 is 29.1 Å². The summed E-state index contributed by atoms with van der Waals surface area (Å²) in [5, 5.41) is 3.50. The minimum absolute atomic E-state index is 0.257. The van der Waals surface area contributed by atoms with Gasteiger partial charge < -0.3 is 10.1 Å². The van der Waals surface area contributed by atoms with Crippen molar-refractivity contribution in [2.24, 2.45) is 0 Å². The van der Waals surface area contributed by atoms with Crippen LogP contribution in [0.3, 0.4) is 0 Å². The van der Waals surface area contributed by atoms with Crippen LogP contribution in [0.5, 0.6) is 5.75 Å². The molecule has 1 amide bonds. The van der Waals surface area contributed by atoms with E-state index in [1.54, 1.807) is 18.2 Å². The highest BCUT2D eigenvalue weighted by atomic mass is 35.5. The second-order valence-electron chi connectivity index (χ2n) is 5.65. The minimum atomic E-state index is -0.267. The zero-order valence-electron chi connectivity index (χ0n) is 13.9. The van der Waals surface area contributed by atoms with Gasteiger partial charge in [-0.2, -0.15) is 0 Å². The zero-order chi connectivity index (χ0) is 18.4. The summed E-state index contributed by atoms with van der Waals surface area (Å²) in [6.07, 6.45) is 0. The molecule has 0 aliphatic carbocycles. The summed E-state index contributed by atoms with van der Waals surface area (Å²) < 4.78 is 5.81. The van der Waals surface area contributed by atoms with Crippen molar-refractivity contribution in [3.63, 3.8) is 0 Å². The summed E-state index contributed by atoms with van der Waals surface area (Å²) in [5.74, 6) is 0.535. The van der Waals surface area contributed by atoms with Crippen molar-refractivity contribution < 1.29 is 9.53 Å². The van der Waals surface area contributed by atoms with Gasteiger partial charge in [-0.05, 0) is 35.4 Å². The maximum Gasteiger partial charge on any atom is 0.253 e. The average molecular weight is 386 g/mol. The second-order valence-corrected chi connectivity index (χ2v) is 6.44. The molecule has 3 aromatic rings. The molecule has 3 rings (SSSR count). The van der Waals surface area contributed by atoms with Gasteiger partial charge in [0.1, 0.15) is 12.4 Å². The number of amides is 1. The summed E-state index contributed by atoms with van der Waals surface area (Å²) in [6, 6.07) is 22.4. The van der Waals surface area contributed by atoms with E-state index in [0.29, 0.717) is 23.7 Å². The third-order valence-electron chi connectivity index (χ3n) is 3.89. The molecule has 0 unspecified atom stereocenters. The highest BCUT2D eigenvalue weighted by Crippen LogP contribution is 2.25. The van der Waals surface area contributed by atoms with E-state index in [4.69, 9.17) is 27.9 Å². The van der Waals surface area contributed by atoms with Crippen LogP contribution in [-0.4, -0.2) is 5.91 Å². The van der Waals surface area contributed by atoms with Crippen LogP contribution in [0.25, 0.3) is 0 Å². The number of hydrogen-bond donors (Lipinski definition) is 1. The lowest BCUT2D eigenvalue weighted by Crippen LogP contribution is -2.24. The molecule has 3 aromatic carbocycles. The maximum atomic E-state index is 12.4. The Hall–Kier alpha value is -2.49. The van der Waals surface area contributed by atoms with Crippen LogP contribution in [0.4, 0.5) is 0 Å². The van der Waals surface area contributed by atoms with Gasteiger partial charge in [0.15, 0.2) is 0 Å². The second kappa shape index (κ2) is 8.75. The average Bonchev–Trinajstić information content (AvgIpc) is 2.68. The Labute approximate surface area is 162 Å². The lowest BCUT2D eigenvalue weighted by atomic mass is 10.1. The molecule has 0 aliphatic rings. The molecule has 0 atom stereocenters. The summed E-state index contributed by atoms with van der Waals surface area (Å²) >= 11 is 12.1. The standard InChI is InChI=1S/C21H17Cl2NO2/c22-19-12-6-11-18(20(19)23)21(25)24-13-15-7-4-5-8-16(15)14-26-17-9-2-1-3-10-17/h1-12H,13-14H2,(H,24,25). The van der Waals surface area contributed by atoms with Crippen LogP contribution >= 0.6 is 23.2 Å². The van der Waals surface area contributed by atoms with Crippen LogP contribution in [0.1, 0.15) is 21.5 Å². The number of carbonyl (C=O) groups excluding carboxylic acids is 1. The molecule has 0 saturated heterocycles. The Bertz CT molecular complexity index is 898. The Kier molecular flexibility index (Phi) is 6.16. The topological polar surface area (TPSA) is 38.3 Å². The molecule has 0 saturated carbocycles. The van der Waals surface area contributed by atoms with Gasteiger partial charge in [0.2, 0.25) is 0 Å². The first-order valence-electron chi connectivity index (χ1n) is 8.12. The number of benzene rings is 3. The van der Waals surface area contributed by atoms with Crippen LogP contribution in [-0.2, 0) is 13.2 Å². The van der Waals surface area contributed by atoms with Gasteiger partial charge in [0.25, 0.3) is 5.91 Å². The Morgan fingerprint density at radius 1 is 0.846 bits per heavy atom. The molecule has 26 heavy (non-hydrogen) atoms. The number of para-hydroxylation sites is 1. The fourth-order valence-corrected chi connectivity index (χ4v) is 2.88. The van der Waals surface area contributed by atoms with Crippen molar-refractivity contribution in [3.05, 3.63) is 99.5 Å². The van der Waals surface area contributed by atoms with Crippen molar-refractivity contribution in [2.45, 2.75) is 13.2 Å². The van der Waals surface area contributed by atoms with Gasteiger partial charge >= 0.3 is 0 Å². The lowest BCUT2D eigenvalue weighted by molar-refractivity contribution is 0.0951. The predicted molar refractivity (Wildman–Crippen MR) is 105 cm³/mol. The summed E-state index contributed by atoms with van der Waals surface area (Å²) in [4.78, 5) is 12.4. The predicted octanol–water partition coefficient (Wildman–Crippen LogP) is 5.50. The highest BCUT2D eigenvalue weighted by Gasteiger charge is 2.13. The Morgan fingerprint density at radius 2 is 1.54 bits per heavy atom. The quantitative estimate of drug-likeness (QED) is 0.607. The van der Waals surface area contributed by atoms with E-state index in [0.717, 1.165) is 16.9 Å². The zero-order valence-corrected chi connectivity index (χ0v) is 15.4. The summed E-state index contributed by atoms with van der Waals surface area (Å²) in [6.45, 7) is 0.796. The number of rotatable bonds is 6. The fraction of sp³-hybridized carbons (Fsp3) is 0.0952. The molecule has 0 heterocycles. The van der Waals surface area contributed by atoms with Crippen molar-refractivity contribution in [1.29, 1.82) is 0 Å². The molecule has 1 N–H and O–H groups in total. The Morgan fingerprint density at radius 3 is 2.31 bits per heavy atom. The maximum absolute atomic E-state index is 12.4. The first-order valence-corrected chi connectivity index (χ1v) is 8.87. The largest absolute Gasteiger partial charge is 0.489 e. The fourth-order valence-electron chi connectivity index (χ4n) is 2.50. The van der Waals surface area contributed by atoms with Gasteiger partial charge in [0, 0.05) is 6.54 Å². The minimum Gasteiger partial charge on any atom is -0.489 e. The lowest BCUT2D eigenvalue weighted by Gasteiger charge is -2.12.